The van der Waals surface area contributed by atoms with Crippen LogP contribution in [-0.2, 0) is 24.8 Å². The summed E-state index contributed by atoms with van der Waals surface area (Å²) in [6, 6.07) is 13.9. The SMILES string of the molecule is Cc1ccc(S(=O)(=O)N2CCC[C@H]2C(=O)N2CCC(NS(=O)(=O)c3ccccc3)CC2)cc1. The van der Waals surface area contributed by atoms with Crippen LogP contribution >= 0.6 is 0 Å². The first-order valence-electron chi connectivity index (χ1n) is 11.1. The van der Waals surface area contributed by atoms with Gasteiger partial charge in [-0.15, -0.1) is 0 Å². The molecule has 4 rings (SSSR count). The lowest BCUT2D eigenvalue weighted by molar-refractivity contribution is -0.135. The molecule has 0 spiro atoms. The van der Waals surface area contributed by atoms with E-state index in [-0.39, 0.29) is 21.7 Å². The van der Waals surface area contributed by atoms with Gasteiger partial charge in [0.2, 0.25) is 26.0 Å². The van der Waals surface area contributed by atoms with Crippen LogP contribution in [0.3, 0.4) is 0 Å². The van der Waals surface area contributed by atoms with Crippen molar-refractivity contribution >= 4 is 26.0 Å². The maximum absolute atomic E-state index is 13.2. The van der Waals surface area contributed by atoms with Crippen molar-refractivity contribution in [3.63, 3.8) is 0 Å². The van der Waals surface area contributed by atoms with Gasteiger partial charge in [-0.05, 0) is 56.9 Å². The molecule has 0 saturated carbocycles. The van der Waals surface area contributed by atoms with Gasteiger partial charge in [-0.3, -0.25) is 4.79 Å². The molecule has 0 aromatic heterocycles. The predicted octanol–water partition coefficient (Wildman–Crippen LogP) is 2.12. The van der Waals surface area contributed by atoms with Gasteiger partial charge >= 0.3 is 0 Å². The summed E-state index contributed by atoms with van der Waals surface area (Å²) in [6.07, 6.45) is 2.09. The van der Waals surface area contributed by atoms with Crippen LogP contribution in [-0.4, -0.2) is 63.7 Å². The summed E-state index contributed by atoms with van der Waals surface area (Å²) in [5, 5.41) is 0. The van der Waals surface area contributed by atoms with E-state index in [4.69, 9.17) is 0 Å². The lowest BCUT2D eigenvalue weighted by atomic mass is 10.0. The number of nitrogens with one attached hydrogen (secondary N) is 1. The van der Waals surface area contributed by atoms with E-state index in [9.17, 15) is 21.6 Å². The third-order valence-electron chi connectivity index (χ3n) is 6.30. The Hall–Kier alpha value is -2.27. The van der Waals surface area contributed by atoms with Crippen LogP contribution in [0.1, 0.15) is 31.2 Å². The highest BCUT2D eigenvalue weighted by Crippen LogP contribution is 2.28. The molecule has 8 nitrogen and oxygen atoms in total. The van der Waals surface area contributed by atoms with E-state index in [2.05, 4.69) is 4.72 Å². The number of likely N-dealkylation sites (tertiary alicyclic amines) is 1. The van der Waals surface area contributed by atoms with Crippen molar-refractivity contribution in [1.29, 1.82) is 0 Å². The van der Waals surface area contributed by atoms with E-state index >= 15 is 0 Å². The molecule has 0 aliphatic carbocycles. The number of hydrogen-bond acceptors (Lipinski definition) is 5. The van der Waals surface area contributed by atoms with Crippen LogP contribution in [0.5, 0.6) is 0 Å². The number of carbonyl (C=O) groups excluding carboxylic acids is 1. The predicted molar refractivity (Wildman–Crippen MR) is 124 cm³/mol. The van der Waals surface area contributed by atoms with E-state index in [0.29, 0.717) is 45.3 Å². The molecule has 2 aliphatic heterocycles. The summed E-state index contributed by atoms with van der Waals surface area (Å²) in [7, 11) is -7.38. The Bertz CT molecular complexity index is 1190. The highest BCUT2D eigenvalue weighted by atomic mass is 32.2. The molecule has 0 radical (unpaired) electrons. The summed E-state index contributed by atoms with van der Waals surface area (Å²) in [5.74, 6) is -0.201. The van der Waals surface area contributed by atoms with Gasteiger partial charge in [0.15, 0.2) is 0 Å². The lowest BCUT2D eigenvalue weighted by Gasteiger charge is -2.35. The number of rotatable bonds is 6. The number of sulfonamides is 2. The molecule has 2 aromatic carbocycles. The summed E-state index contributed by atoms with van der Waals surface area (Å²) < 4.78 is 55.5. The summed E-state index contributed by atoms with van der Waals surface area (Å²) in [5.41, 5.74) is 0.966. The summed E-state index contributed by atoms with van der Waals surface area (Å²) in [4.78, 5) is 15.3. The number of benzene rings is 2. The first kappa shape index (κ1) is 23.9. The monoisotopic (exact) mass is 491 g/mol. The summed E-state index contributed by atoms with van der Waals surface area (Å²) in [6.45, 7) is 2.98. The number of hydrogen-bond donors (Lipinski definition) is 1. The van der Waals surface area contributed by atoms with Gasteiger partial charge in [0.25, 0.3) is 0 Å². The molecule has 178 valence electrons. The van der Waals surface area contributed by atoms with Gasteiger partial charge in [-0.1, -0.05) is 35.9 Å². The highest BCUT2D eigenvalue weighted by Gasteiger charge is 2.41. The second kappa shape index (κ2) is 9.54. The van der Waals surface area contributed by atoms with Crippen molar-refractivity contribution in [3.05, 3.63) is 60.2 Å². The van der Waals surface area contributed by atoms with Crippen LogP contribution in [0.2, 0.25) is 0 Å². The van der Waals surface area contributed by atoms with Gasteiger partial charge in [0.05, 0.1) is 9.79 Å². The molecule has 2 aromatic rings. The topological polar surface area (TPSA) is 104 Å². The molecule has 2 saturated heterocycles. The zero-order valence-corrected chi connectivity index (χ0v) is 20.2. The zero-order valence-electron chi connectivity index (χ0n) is 18.6. The van der Waals surface area contributed by atoms with Gasteiger partial charge in [0, 0.05) is 25.7 Å². The molecule has 0 unspecified atom stereocenters. The molecule has 2 aliphatic rings. The molecule has 0 bridgehead atoms. The van der Waals surface area contributed by atoms with Gasteiger partial charge in [0.1, 0.15) is 6.04 Å². The number of piperidine rings is 1. The minimum Gasteiger partial charge on any atom is -0.341 e. The number of nitrogens with zero attached hydrogens (tertiary/aromatic N) is 2. The Balaban J connectivity index is 1.39. The molecule has 33 heavy (non-hydrogen) atoms. The van der Waals surface area contributed by atoms with Crippen LogP contribution in [0.25, 0.3) is 0 Å². The maximum atomic E-state index is 13.2. The van der Waals surface area contributed by atoms with Gasteiger partial charge in [-0.2, -0.15) is 4.31 Å². The van der Waals surface area contributed by atoms with E-state index < -0.39 is 26.1 Å². The van der Waals surface area contributed by atoms with Gasteiger partial charge in [-0.25, -0.2) is 21.6 Å². The van der Waals surface area contributed by atoms with E-state index in [0.717, 1.165) is 5.56 Å². The van der Waals surface area contributed by atoms with Crippen molar-refractivity contribution in [2.45, 2.75) is 54.5 Å². The smallest absolute Gasteiger partial charge is 0.243 e. The van der Waals surface area contributed by atoms with Crippen molar-refractivity contribution in [2.24, 2.45) is 0 Å². The first-order valence-corrected chi connectivity index (χ1v) is 14.1. The van der Waals surface area contributed by atoms with Crippen molar-refractivity contribution in [2.75, 3.05) is 19.6 Å². The molecular formula is C23H29N3O5S2. The zero-order chi connectivity index (χ0) is 23.6. The second-order valence-corrected chi connectivity index (χ2v) is 12.2. The molecule has 1 atom stereocenters. The number of aryl methyl sites for hydroxylation is 1. The second-order valence-electron chi connectivity index (χ2n) is 8.62. The minimum atomic E-state index is -3.76. The molecule has 2 heterocycles. The molecule has 2 fully saturated rings. The average molecular weight is 492 g/mol. The molecule has 1 N–H and O–H groups in total. The number of amides is 1. The normalized spacial score (nSPS) is 20.8. The van der Waals surface area contributed by atoms with Crippen molar-refractivity contribution in [3.8, 4) is 0 Å². The standard InChI is InChI=1S/C23H29N3O5S2/c1-18-9-11-21(12-10-18)33(30,31)26-15-5-8-22(26)23(27)25-16-13-19(14-17-25)24-32(28,29)20-6-3-2-4-7-20/h2-4,6-7,9-12,19,22,24H,5,8,13-17H2,1H3/t22-/m0/s1. The summed E-state index contributed by atoms with van der Waals surface area (Å²) >= 11 is 0. The van der Waals surface area contributed by atoms with Crippen LogP contribution in [0.4, 0.5) is 0 Å². The van der Waals surface area contributed by atoms with Crippen LogP contribution < -0.4 is 4.72 Å². The number of carbonyl (C=O) groups is 1. The van der Waals surface area contributed by atoms with E-state index in [1.54, 1.807) is 59.5 Å². The van der Waals surface area contributed by atoms with E-state index in [1.165, 1.54) is 4.31 Å². The maximum Gasteiger partial charge on any atom is 0.243 e. The van der Waals surface area contributed by atoms with Crippen molar-refractivity contribution in [1.82, 2.24) is 13.9 Å². The fourth-order valence-corrected chi connectivity index (χ4v) is 7.41. The molecule has 10 heteroatoms. The Kier molecular flexibility index (Phi) is 6.90. The average Bonchev–Trinajstić information content (AvgIpc) is 3.31. The van der Waals surface area contributed by atoms with Gasteiger partial charge < -0.3 is 4.90 Å². The van der Waals surface area contributed by atoms with Crippen LogP contribution in [0, 0.1) is 6.92 Å². The Morgan fingerprint density at radius 2 is 1.48 bits per heavy atom. The minimum absolute atomic E-state index is 0.196. The largest absolute Gasteiger partial charge is 0.341 e. The third-order valence-corrected chi connectivity index (χ3v) is 9.76. The third kappa shape index (κ3) is 5.13. The van der Waals surface area contributed by atoms with Crippen LogP contribution in [0.15, 0.2) is 64.4 Å². The first-order chi connectivity index (χ1) is 15.7. The Labute approximate surface area is 195 Å². The van der Waals surface area contributed by atoms with Crippen molar-refractivity contribution < 1.29 is 21.6 Å². The quantitative estimate of drug-likeness (QED) is 0.667. The molecule has 1 amide bonds. The Morgan fingerprint density at radius 3 is 2.12 bits per heavy atom. The van der Waals surface area contributed by atoms with E-state index in [1.807, 2.05) is 6.92 Å². The lowest BCUT2D eigenvalue weighted by Crippen LogP contribution is -2.52. The highest BCUT2D eigenvalue weighted by molar-refractivity contribution is 7.89. The fourth-order valence-electron chi connectivity index (χ4n) is 4.44. The molecular weight excluding hydrogens is 462 g/mol. The fraction of sp³-hybridized carbons (Fsp3) is 0.435. The Morgan fingerprint density at radius 1 is 0.848 bits per heavy atom.